The summed E-state index contributed by atoms with van der Waals surface area (Å²) in [5, 5.41) is 26.0. The Morgan fingerprint density at radius 1 is 1.21 bits per heavy atom. The molecular formula is C24H29N7O3. The quantitative estimate of drug-likeness (QED) is 0.402. The molecule has 0 aliphatic heterocycles. The van der Waals surface area contributed by atoms with Crippen molar-refractivity contribution in [3.05, 3.63) is 42.2 Å². The van der Waals surface area contributed by atoms with E-state index in [1.54, 1.807) is 23.2 Å². The molecule has 3 N–H and O–H groups in total. The van der Waals surface area contributed by atoms with Crippen molar-refractivity contribution in [3.8, 4) is 17.1 Å². The van der Waals surface area contributed by atoms with Crippen LogP contribution < -0.4 is 15.4 Å². The highest BCUT2D eigenvalue weighted by Crippen LogP contribution is 2.35. The van der Waals surface area contributed by atoms with Gasteiger partial charge in [0.2, 0.25) is 11.8 Å². The molecule has 0 atom stereocenters. The highest BCUT2D eigenvalue weighted by atomic mass is 16.5. The predicted octanol–water partition coefficient (Wildman–Crippen LogP) is 2.91. The third kappa shape index (κ3) is 3.73. The number of carbonyl (C=O) groups is 1. The van der Waals surface area contributed by atoms with Gasteiger partial charge in [-0.05, 0) is 50.3 Å². The third-order valence-electron chi connectivity index (χ3n) is 6.83. The van der Waals surface area contributed by atoms with Crippen LogP contribution in [0.4, 0.5) is 5.95 Å². The zero-order valence-corrected chi connectivity index (χ0v) is 19.6. The second-order valence-electron chi connectivity index (χ2n) is 8.80. The van der Waals surface area contributed by atoms with E-state index < -0.39 is 5.60 Å². The number of amides is 1. The van der Waals surface area contributed by atoms with Crippen LogP contribution in [0.3, 0.4) is 0 Å². The topological polar surface area (TPSA) is 118 Å². The number of aliphatic hydroxyl groups is 1. The molecule has 0 radical (unpaired) electrons. The first-order chi connectivity index (χ1) is 16.5. The summed E-state index contributed by atoms with van der Waals surface area (Å²) in [6.45, 7) is 2.03. The molecule has 0 bridgehead atoms. The number of anilines is 1. The van der Waals surface area contributed by atoms with Gasteiger partial charge in [0, 0.05) is 31.0 Å². The number of fused-ring (bicyclic) bond motifs is 2. The minimum Gasteiger partial charge on any atom is -0.479 e. The van der Waals surface area contributed by atoms with Gasteiger partial charge in [-0.1, -0.05) is 13.0 Å². The SMILES string of the molecule is CCC1(O)CCC(Nc2nc(OC)c3c(-c4nn5ccccc5c4C(=O)NC)ccn3n2)CC1. The van der Waals surface area contributed by atoms with E-state index in [1.807, 2.05) is 43.6 Å². The van der Waals surface area contributed by atoms with Crippen LogP contribution in [0.25, 0.3) is 22.3 Å². The van der Waals surface area contributed by atoms with Crippen LogP contribution in [0.5, 0.6) is 5.88 Å². The Bertz CT molecular complexity index is 1350. The summed E-state index contributed by atoms with van der Waals surface area (Å²) in [6, 6.07) is 7.65. The molecule has 4 aromatic rings. The lowest BCUT2D eigenvalue weighted by atomic mass is 9.80. The zero-order chi connectivity index (χ0) is 23.9. The van der Waals surface area contributed by atoms with Crippen LogP contribution in [0.2, 0.25) is 0 Å². The average Bonchev–Trinajstić information content (AvgIpc) is 3.46. The number of nitrogens with zero attached hydrogens (tertiary/aromatic N) is 5. The molecule has 1 amide bonds. The lowest BCUT2D eigenvalue weighted by Gasteiger charge is -2.35. The standard InChI is InChI=1S/C24H29N7O3/c1-4-24(33)11-8-15(9-12-24)26-23-27-22(34-3)20-16(10-14-31(20)29-23)19-18(21(32)25-2)17-7-5-6-13-30(17)28-19/h5-7,10,13-15,33H,4,8-9,11-12H2,1-3H3,(H,25,32)(H,26,29). The van der Waals surface area contributed by atoms with Gasteiger partial charge in [-0.25, -0.2) is 9.03 Å². The number of rotatable bonds is 6. The fourth-order valence-electron chi connectivity index (χ4n) is 4.76. The molecule has 4 heterocycles. The van der Waals surface area contributed by atoms with Crippen LogP contribution in [0.1, 0.15) is 49.4 Å². The van der Waals surface area contributed by atoms with Gasteiger partial charge in [-0.3, -0.25) is 4.79 Å². The summed E-state index contributed by atoms with van der Waals surface area (Å²) in [5.41, 5.74) is 2.49. The molecule has 1 saturated carbocycles. The van der Waals surface area contributed by atoms with Crippen molar-refractivity contribution < 1.29 is 14.6 Å². The number of aromatic nitrogens is 5. The first-order valence-corrected chi connectivity index (χ1v) is 11.6. The van der Waals surface area contributed by atoms with Crippen molar-refractivity contribution in [1.82, 2.24) is 29.5 Å². The van der Waals surface area contributed by atoms with E-state index >= 15 is 0 Å². The summed E-state index contributed by atoms with van der Waals surface area (Å²) in [6.07, 6.45) is 7.60. The maximum absolute atomic E-state index is 12.8. The fraction of sp³-hybridized carbons (Fsp3) is 0.417. The maximum atomic E-state index is 12.8. The van der Waals surface area contributed by atoms with Crippen molar-refractivity contribution in [3.63, 3.8) is 0 Å². The van der Waals surface area contributed by atoms with E-state index in [1.165, 1.54) is 0 Å². The van der Waals surface area contributed by atoms with Gasteiger partial charge < -0.3 is 20.5 Å². The van der Waals surface area contributed by atoms with Crippen LogP contribution in [-0.2, 0) is 0 Å². The Morgan fingerprint density at radius 2 is 2.00 bits per heavy atom. The summed E-state index contributed by atoms with van der Waals surface area (Å²) >= 11 is 0. The van der Waals surface area contributed by atoms with E-state index in [0.29, 0.717) is 39.7 Å². The number of nitrogens with one attached hydrogen (secondary N) is 2. The Kier molecular flexibility index (Phi) is 5.60. The highest BCUT2D eigenvalue weighted by Gasteiger charge is 2.32. The number of methoxy groups -OCH3 is 1. The first kappa shape index (κ1) is 22.1. The fourth-order valence-corrected chi connectivity index (χ4v) is 4.76. The first-order valence-electron chi connectivity index (χ1n) is 11.6. The Balaban J connectivity index is 1.54. The summed E-state index contributed by atoms with van der Waals surface area (Å²) < 4.78 is 9.03. The average molecular weight is 464 g/mol. The van der Waals surface area contributed by atoms with E-state index in [4.69, 9.17) is 4.74 Å². The number of hydrogen-bond donors (Lipinski definition) is 3. The molecule has 34 heavy (non-hydrogen) atoms. The molecule has 10 nitrogen and oxygen atoms in total. The summed E-state index contributed by atoms with van der Waals surface area (Å²) in [4.78, 5) is 17.4. The van der Waals surface area contributed by atoms with Gasteiger partial charge in [0.05, 0.1) is 23.8 Å². The number of pyridine rings is 1. The largest absolute Gasteiger partial charge is 0.479 e. The van der Waals surface area contributed by atoms with E-state index in [2.05, 4.69) is 25.8 Å². The minimum absolute atomic E-state index is 0.183. The lowest BCUT2D eigenvalue weighted by Crippen LogP contribution is -2.38. The second-order valence-corrected chi connectivity index (χ2v) is 8.80. The number of ether oxygens (including phenoxy) is 1. The van der Waals surface area contributed by atoms with Gasteiger partial charge in [0.25, 0.3) is 5.91 Å². The zero-order valence-electron chi connectivity index (χ0n) is 19.6. The molecule has 4 aromatic heterocycles. The summed E-state index contributed by atoms with van der Waals surface area (Å²) in [7, 11) is 3.17. The van der Waals surface area contributed by atoms with Gasteiger partial charge >= 0.3 is 0 Å². The Hall–Kier alpha value is -3.66. The minimum atomic E-state index is -0.563. The van der Waals surface area contributed by atoms with E-state index in [0.717, 1.165) is 32.1 Å². The monoisotopic (exact) mass is 463 g/mol. The second kappa shape index (κ2) is 8.60. The maximum Gasteiger partial charge on any atom is 0.255 e. The molecule has 0 spiro atoms. The van der Waals surface area contributed by atoms with Crippen LogP contribution in [0.15, 0.2) is 36.7 Å². The van der Waals surface area contributed by atoms with E-state index in [9.17, 15) is 9.90 Å². The molecule has 5 rings (SSSR count). The molecule has 1 aliphatic rings. The van der Waals surface area contributed by atoms with Crippen molar-refractivity contribution in [2.75, 3.05) is 19.5 Å². The van der Waals surface area contributed by atoms with Crippen molar-refractivity contribution in [2.45, 2.75) is 50.7 Å². The Labute approximate surface area is 196 Å². The summed E-state index contributed by atoms with van der Waals surface area (Å²) in [5.74, 6) is 0.622. The van der Waals surface area contributed by atoms with E-state index in [-0.39, 0.29) is 11.9 Å². The van der Waals surface area contributed by atoms with Crippen molar-refractivity contribution in [2.24, 2.45) is 0 Å². The van der Waals surface area contributed by atoms with Gasteiger partial charge in [0.15, 0.2) is 0 Å². The Morgan fingerprint density at radius 3 is 2.71 bits per heavy atom. The highest BCUT2D eigenvalue weighted by molar-refractivity contribution is 6.08. The number of hydrogen-bond acceptors (Lipinski definition) is 7. The van der Waals surface area contributed by atoms with Crippen LogP contribution in [0, 0.1) is 0 Å². The molecule has 0 aromatic carbocycles. The molecule has 0 saturated heterocycles. The smallest absolute Gasteiger partial charge is 0.255 e. The number of carbonyl (C=O) groups excluding carboxylic acids is 1. The van der Waals surface area contributed by atoms with Crippen molar-refractivity contribution in [1.29, 1.82) is 0 Å². The van der Waals surface area contributed by atoms with Gasteiger partial charge in [-0.2, -0.15) is 10.1 Å². The predicted molar refractivity (Wildman–Crippen MR) is 128 cm³/mol. The van der Waals surface area contributed by atoms with Crippen LogP contribution in [-0.4, -0.2) is 61.0 Å². The van der Waals surface area contributed by atoms with Gasteiger partial charge in [-0.15, -0.1) is 5.10 Å². The molecule has 0 unspecified atom stereocenters. The van der Waals surface area contributed by atoms with Crippen LogP contribution >= 0.6 is 0 Å². The molecule has 10 heteroatoms. The molecular weight excluding hydrogens is 434 g/mol. The lowest BCUT2D eigenvalue weighted by molar-refractivity contribution is -0.00199. The molecule has 1 fully saturated rings. The normalized spacial score (nSPS) is 20.5. The molecule has 178 valence electrons. The van der Waals surface area contributed by atoms with Crippen molar-refractivity contribution >= 4 is 22.9 Å². The third-order valence-corrected chi connectivity index (χ3v) is 6.83. The van der Waals surface area contributed by atoms with Gasteiger partial charge in [0.1, 0.15) is 11.2 Å². The molecule has 1 aliphatic carbocycles.